The first-order valence-electron chi connectivity index (χ1n) is 9.81. The number of nitrogens with one attached hydrogen (secondary N) is 1. The summed E-state index contributed by atoms with van der Waals surface area (Å²) in [6, 6.07) is 23.7. The SMILES string of the molecule is O=C(Nc1ccccc1)[C@H]1CCCN(C(=O)Cc2cccc3ccccc23)C1. The first-order valence-corrected chi connectivity index (χ1v) is 9.81. The van der Waals surface area contributed by atoms with E-state index in [0.717, 1.165) is 41.4 Å². The maximum atomic E-state index is 12.9. The number of para-hydroxylation sites is 1. The molecule has 4 heteroatoms. The number of carbonyl (C=O) groups is 2. The van der Waals surface area contributed by atoms with Crippen LogP contribution in [0.1, 0.15) is 18.4 Å². The Labute approximate surface area is 165 Å². The maximum Gasteiger partial charge on any atom is 0.229 e. The van der Waals surface area contributed by atoms with Crippen molar-refractivity contribution in [3.8, 4) is 0 Å². The topological polar surface area (TPSA) is 49.4 Å². The summed E-state index contributed by atoms with van der Waals surface area (Å²) in [6.07, 6.45) is 2.04. The van der Waals surface area contributed by atoms with Crippen molar-refractivity contribution >= 4 is 28.3 Å². The van der Waals surface area contributed by atoms with Crippen LogP contribution < -0.4 is 5.32 Å². The number of amides is 2. The third-order valence-electron chi connectivity index (χ3n) is 5.41. The molecule has 4 rings (SSSR count). The third kappa shape index (κ3) is 4.06. The van der Waals surface area contributed by atoms with Gasteiger partial charge in [-0.1, -0.05) is 60.7 Å². The number of benzene rings is 3. The van der Waals surface area contributed by atoms with Crippen LogP contribution in [0.3, 0.4) is 0 Å². The second kappa shape index (κ2) is 8.26. The van der Waals surface area contributed by atoms with E-state index in [4.69, 9.17) is 0 Å². The Morgan fingerprint density at radius 2 is 1.68 bits per heavy atom. The third-order valence-corrected chi connectivity index (χ3v) is 5.41. The molecular formula is C24H24N2O2. The van der Waals surface area contributed by atoms with Crippen LogP contribution in [0.15, 0.2) is 72.8 Å². The normalized spacial score (nSPS) is 16.7. The summed E-state index contributed by atoms with van der Waals surface area (Å²) in [5.41, 5.74) is 1.84. The highest BCUT2D eigenvalue weighted by Crippen LogP contribution is 2.22. The van der Waals surface area contributed by atoms with Gasteiger partial charge in [-0.25, -0.2) is 0 Å². The zero-order valence-corrected chi connectivity index (χ0v) is 15.8. The average Bonchev–Trinajstić information content (AvgIpc) is 2.75. The summed E-state index contributed by atoms with van der Waals surface area (Å²) in [7, 11) is 0. The molecule has 142 valence electrons. The van der Waals surface area contributed by atoms with Gasteiger partial charge in [0.1, 0.15) is 0 Å². The van der Waals surface area contributed by atoms with E-state index in [0.29, 0.717) is 13.0 Å². The van der Waals surface area contributed by atoms with Gasteiger partial charge in [0.15, 0.2) is 0 Å². The van der Waals surface area contributed by atoms with Crippen LogP contribution in [-0.2, 0) is 16.0 Å². The minimum Gasteiger partial charge on any atom is -0.342 e. The molecule has 1 heterocycles. The fourth-order valence-corrected chi connectivity index (χ4v) is 3.90. The van der Waals surface area contributed by atoms with Crippen LogP contribution in [0.2, 0.25) is 0 Å². The monoisotopic (exact) mass is 372 g/mol. The van der Waals surface area contributed by atoms with E-state index in [-0.39, 0.29) is 17.7 Å². The van der Waals surface area contributed by atoms with Gasteiger partial charge < -0.3 is 10.2 Å². The van der Waals surface area contributed by atoms with Crippen LogP contribution in [0.5, 0.6) is 0 Å². The Bertz CT molecular complexity index is 979. The highest BCUT2D eigenvalue weighted by molar-refractivity contribution is 5.94. The number of hydrogen-bond donors (Lipinski definition) is 1. The summed E-state index contributed by atoms with van der Waals surface area (Å²) in [5.74, 6) is -0.0761. The minimum atomic E-state index is -0.162. The van der Waals surface area contributed by atoms with Crippen LogP contribution >= 0.6 is 0 Å². The largest absolute Gasteiger partial charge is 0.342 e. The number of fused-ring (bicyclic) bond motifs is 1. The van der Waals surface area contributed by atoms with Gasteiger partial charge in [0.2, 0.25) is 11.8 Å². The Morgan fingerprint density at radius 3 is 2.54 bits per heavy atom. The van der Waals surface area contributed by atoms with Crippen molar-refractivity contribution in [3.63, 3.8) is 0 Å². The molecule has 0 radical (unpaired) electrons. The van der Waals surface area contributed by atoms with Crippen molar-refractivity contribution in [2.45, 2.75) is 19.3 Å². The van der Waals surface area contributed by atoms with Crippen LogP contribution in [0, 0.1) is 5.92 Å². The quantitative estimate of drug-likeness (QED) is 0.744. The van der Waals surface area contributed by atoms with Crippen molar-refractivity contribution < 1.29 is 9.59 Å². The minimum absolute atomic E-state index is 0.00568. The number of nitrogens with zero attached hydrogens (tertiary/aromatic N) is 1. The first kappa shape index (κ1) is 18.2. The smallest absolute Gasteiger partial charge is 0.229 e. The van der Waals surface area contributed by atoms with Gasteiger partial charge in [0.05, 0.1) is 12.3 Å². The molecule has 1 aliphatic rings. The number of hydrogen-bond acceptors (Lipinski definition) is 2. The molecule has 1 aliphatic heterocycles. The Morgan fingerprint density at radius 1 is 0.929 bits per heavy atom. The summed E-state index contributed by atoms with van der Waals surface area (Å²) in [5, 5.41) is 5.23. The fraction of sp³-hybridized carbons (Fsp3) is 0.250. The van der Waals surface area contributed by atoms with E-state index >= 15 is 0 Å². The molecule has 0 spiro atoms. The summed E-state index contributed by atoms with van der Waals surface area (Å²) >= 11 is 0. The summed E-state index contributed by atoms with van der Waals surface area (Å²) in [4.78, 5) is 27.4. The molecular weight excluding hydrogens is 348 g/mol. The second-order valence-corrected chi connectivity index (χ2v) is 7.35. The molecule has 0 bridgehead atoms. The maximum absolute atomic E-state index is 12.9. The molecule has 1 N–H and O–H groups in total. The Balaban J connectivity index is 1.42. The Hall–Kier alpha value is -3.14. The molecule has 3 aromatic rings. The van der Waals surface area contributed by atoms with E-state index in [9.17, 15) is 9.59 Å². The lowest BCUT2D eigenvalue weighted by Gasteiger charge is -2.32. The molecule has 1 atom stereocenters. The molecule has 1 fully saturated rings. The number of anilines is 1. The van der Waals surface area contributed by atoms with Gasteiger partial charge in [0, 0.05) is 18.8 Å². The molecule has 4 nitrogen and oxygen atoms in total. The molecule has 2 amide bonds. The van der Waals surface area contributed by atoms with Gasteiger partial charge in [-0.3, -0.25) is 9.59 Å². The average molecular weight is 372 g/mol. The highest BCUT2D eigenvalue weighted by Gasteiger charge is 2.28. The summed E-state index contributed by atoms with van der Waals surface area (Å²) in [6.45, 7) is 1.21. The van der Waals surface area contributed by atoms with Crippen LogP contribution in [0.25, 0.3) is 10.8 Å². The van der Waals surface area contributed by atoms with Gasteiger partial charge in [-0.15, -0.1) is 0 Å². The van der Waals surface area contributed by atoms with Crippen molar-refractivity contribution in [2.75, 3.05) is 18.4 Å². The van der Waals surface area contributed by atoms with Crippen molar-refractivity contribution in [1.82, 2.24) is 4.90 Å². The standard InChI is InChI=1S/C24H24N2O2/c27-23(16-19-10-6-9-18-8-4-5-14-22(18)19)26-15-7-11-20(17-26)24(28)25-21-12-2-1-3-13-21/h1-6,8-10,12-14,20H,7,11,15-17H2,(H,25,28)/t20-/m0/s1. The number of carbonyl (C=O) groups excluding carboxylic acids is 2. The zero-order valence-electron chi connectivity index (χ0n) is 15.8. The highest BCUT2D eigenvalue weighted by atomic mass is 16.2. The number of rotatable bonds is 4. The van der Waals surface area contributed by atoms with Gasteiger partial charge in [-0.2, -0.15) is 0 Å². The van der Waals surface area contributed by atoms with Crippen LogP contribution in [0.4, 0.5) is 5.69 Å². The molecule has 1 saturated heterocycles. The van der Waals surface area contributed by atoms with Crippen molar-refractivity contribution in [3.05, 3.63) is 78.4 Å². The van der Waals surface area contributed by atoms with E-state index in [1.807, 2.05) is 59.5 Å². The molecule has 28 heavy (non-hydrogen) atoms. The van der Waals surface area contributed by atoms with E-state index < -0.39 is 0 Å². The van der Waals surface area contributed by atoms with Crippen molar-refractivity contribution in [1.29, 1.82) is 0 Å². The van der Waals surface area contributed by atoms with Crippen molar-refractivity contribution in [2.24, 2.45) is 5.92 Å². The van der Waals surface area contributed by atoms with E-state index in [1.165, 1.54) is 0 Å². The molecule has 0 unspecified atom stereocenters. The van der Waals surface area contributed by atoms with Gasteiger partial charge in [-0.05, 0) is 41.3 Å². The molecule has 0 aliphatic carbocycles. The van der Waals surface area contributed by atoms with E-state index in [1.54, 1.807) is 0 Å². The lowest BCUT2D eigenvalue weighted by atomic mass is 9.95. The van der Waals surface area contributed by atoms with Gasteiger partial charge in [0.25, 0.3) is 0 Å². The lowest BCUT2D eigenvalue weighted by Crippen LogP contribution is -2.44. The molecule has 3 aromatic carbocycles. The molecule has 0 aromatic heterocycles. The summed E-state index contributed by atoms with van der Waals surface area (Å²) < 4.78 is 0. The Kier molecular flexibility index (Phi) is 5.38. The van der Waals surface area contributed by atoms with Gasteiger partial charge >= 0.3 is 0 Å². The van der Waals surface area contributed by atoms with E-state index in [2.05, 4.69) is 23.5 Å². The lowest BCUT2D eigenvalue weighted by molar-refractivity contribution is -0.133. The second-order valence-electron chi connectivity index (χ2n) is 7.35. The fourth-order valence-electron chi connectivity index (χ4n) is 3.90. The predicted molar refractivity (Wildman–Crippen MR) is 112 cm³/mol. The van der Waals surface area contributed by atoms with Crippen LogP contribution in [-0.4, -0.2) is 29.8 Å². The molecule has 0 saturated carbocycles. The first-order chi connectivity index (χ1) is 13.7. The predicted octanol–water partition coefficient (Wildman–Crippen LogP) is 4.26. The number of piperidine rings is 1. The zero-order chi connectivity index (χ0) is 19.3. The number of likely N-dealkylation sites (tertiary alicyclic amines) is 1.